The van der Waals surface area contributed by atoms with Gasteiger partial charge in [-0.25, -0.2) is 4.79 Å². The molecule has 21 heavy (non-hydrogen) atoms. The normalized spacial score (nSPS) is 26.1. The SMILES string of the molecule is COc1cccc(CNC(=O)NCC2C3CCCC32)c1C. The summed E-state index contributed by atoms with van der Waals surface area (Å²) in [6.45, 7) is 3.38. The van der Waals surface area contributed by atoms with Gasteiger partial charge < -0.3 is 15.4 Å². The van der Waals surface area contributed by atoms with Crippen molar-refractivity contribution in [1.29, 1.82) is 0 Å². The second-order valence-corrected chi connectivity index (χ2v) is 6.23. The number of hydrogen-bond donors (Lipinski definition) is 2. The summed E-state index contributed by atoms with van der Waals surface area (Å²) in [6, 6.07) is 5.84. The number of nitrogens with one attached hydrogen (secondary N) is 2. The molecule has 0 bridgehead atoms. The third-order valence-electron chi connectivity index (χ3n) is 5.14. The Balaban J connectivity index is 1.43. The van der Waals surface area contributed by atoms with Crippen LogP contribution in [0.25, 0.3) is 0 Å². The molecule has 0 aromatic heterocycles. The molecule has 1 aromatic rings. The van der Waals surface area contributed by atoms with Crippen molar-refractivity contribution in [3.63, 3.8) is 0 Å². The number of hydrogen-bond acceptors (Lipinski definition) is 2. The quantitative estimate of drug-likeness (QED) is 0.875. The molecule has 0 radical (unpaired) electrons. The largest absolute Gasteiger partial charge is 0.496 e. The van der Waals surface area contributed by atoms with Gasteiger partial charge in [-0.1, -0.05) is 18.6 Å². The molecular weight excluding hydrogens is 264 g/mol. The van der Waals surface area contributed by atoms with Gasteiger partial charge in [0.2, 0.25) is 0 Å². The molecule has 0 aliphatic heterocycles. The molecule has 1 aromatic carbocycles. The van der Waals surface area contributed by atoms with E-state index in [0.29, 0.717) is 6.54 Å². The molecule has 0 spiro atoms. The van der Waals surface area contributed by atoms with Gasteiger partial charge in [-0.2, -0.15) is 0 Å². The van der Waals surface area contributed by atoms with Gasteiger partial charge >= 0.3 is 6.03 Å². The molecule has 2 aliphatic rings. The molecule has 4 heteroatoms. The zero-order valence-electron chi connectivity index (χ0n) is 12.8. The van der Waals surface area contributed by atoms with E-state index in [-0.39, 0.29) is 6.03 Å². The molecule has 114 valence electrons. The lowest BCUT2D eigenvalue weighted by atomic mass is 10.1. The van der Waals surface area contributed by atoms with Crippen molar-refractivity contribution in [2.24, 2.45) is 17.8 Å². The average molecular weight is 288 g/mol. The van der Waals surface area contributed by atoms with Gasteiger partial charge in [0, 0.05) is 13.1 Å². The lowest BCUT2D eigenvalue weighted by Gasteiger charge is -2.12. The van der Waals surface area contributed by atoms with E-state index >= 15 is 0 Å². The number of ether oxygens (including phenoxy) is 1. The van der Waals surface area contributed by atoms with Crippen molar-refractivity contribution in [3.05, 3.63) is 29.3 Å². The topological polar surface area (TPSA) is 50.4 Å². The Morgan fingerprint density at radius 3 is 2.76 bits per heavy atom. The molecule has 3 rings (SSSR count). The number of benzene rings is 1. The van der Waals surface area contributed by atoms with Crippen molar-refractivity contribution in [2.75, 3.05) is 13.7 Å². The molecule has 2 saturated carbocycles. The van der Waals surface area contributed by atoms with E-state index in [4.69, 9.17) is 4.74 Å². The predicted molar refractivity (Wildman–Crippen MR) is 82.3 cm³/mol. The van der Waals surface area contributed by atoms with Crippen LogP contribution in [0, 0.1) is 24.7 Å². The number of carbonyl (C=O) groups excluding carboxylic acids is 1. The monoisotopic (exact) mass is 288 g/mol. The van der Waals surface area contributed by atoms with E-state index in [2.05, 4.69) is 10.6 Å². The van der Waals surface area contributed by atoms with Gasteiger partial charge in [0.15, 0.2) is 0 Å². The first-order valence-corrected chi connectivity index (χ1v) is 7.85. The smallest absolute Gasteiger partial charge is 0.315 e. The highest BCUT2D eigenvalue weighted by Gasteiger charge is 2.51. The second kappa shape index (κ2) is 5.96. The van der Waals surface area contributed by atoms with Gasteiger partial charge in [0.25, 0.3) is 0 Å². The standard InChI is InChI=1S/C17H24N2O2/c1-11-12(5-3-8-16(11)21-2)9-18-17(20)19-10-15-13-6-4-7-14(13)15/h3,5,8,13-15H,4,6-7,9-10H2,1-2H3,(H2,18,19,20). The Kier molecular flexibility index (Phi) is 4.04. The fraction of sp³-hybridized carbons (Fsp3) is 0.588. The van der Waals surface area contributed by atoms with Crippen LogP contribution in [0.4, 0.5) is 4.79 Å². The first-order valence-electron chi connectivity index (χ1n) is 7.85. The fourth-order valence-electron chi connectivity index (χ4n) is 3.79. The fourth-order valence-corrected chi connectivity index (χ4v) is 3.79. The number of amides is 2. The van der Waals surface area contributed by atoms with E-state index in [9.17, 15) is 4.79 Å². The van der Waals surface area contributed by atoms with E-state index < -0.39 is 0 Å². The highest BCUT2D eigenvalue weighted by molar-refractivity contribution is 5.73. The molecule has 2 atom stereocenters. The molecule has 4 nitrogen and oxygen atoms in total. The lowest BCUT2D eigenvalue weighted by molar-refractivity contribution is 0.239. The molecule has 2 fully saturated rings. The van der Waals surface area contributed by atoms with Gasteiger partial charge in [-0.05, 0) is 54.7 Å². The Morgan fingerprint density at radius 2 is 2.05 bits per heavy atom. The molecule has 0 saturated heterocycles. The molecule has 0 heterocycles. The Labute approximate surface area is 126 Å². The van der Waals surface area contributed by atoms with Gasteiger partial charge in [0.1, 0.15) is 5.75 Å². The summed E-state index contributed by atoms with van der Waals surface area (Å²) in [5, 5.41) is 5.94. The van der Waals surface area contributed by atoms with Crippen molar-refractivity contribution in [3.8, 4) is 5.75 Å². The first-order chi connectivity index (χ1) is 10.2. The number of rotatable bonds is 5. The highest BCUT2D eigenvalue weighted by Crippen LogP contribution is 2.56. The van der Waals surface area contributed by atoms with Crippen LogP contribution in [-0.4, -0.2) is 19.7 Å². The minimum Gasteiger partial charge on any atom is -0.496 e. The van der Waals surface area contributed by atoms with Crippen LogP contribution in [0.3, 0.4) is 0 Å². The Bertz CT molecular complexity index is 520. The van der Waals surface area contributed by atoms with Gasteiger partial charge in [0.05, 0.1) is 7.11 Å². The molecule has 2 amide bonds. The summed E-state index contributed by atoms with van der Waals surface area (Å²) in [6.07, 6.45) is 4.11. The van der Waals surface area contributed by atoms with E-state index in [0.717, 1.165) is 41.2 Å². The maximum atomic E-state index is 11.9. The number of fused-ring (bicyclic) bond motifs is 1. The zero-order chi connectivity index (χ0) is 14.8. The molecule has 2 N–H and O–H groups in total. The predicted octanol–water partition coefficient (Wildman–Crippen LogP) is 2.85. The molecule has 2 unspecified atom stereocenters. The van der Waals surface area contributed by atoms with Gasteiger partial charge in [-0.15, -0.1) is 0 Å². The summed E-state index contributed by atoms with van der Waals surface area (Å²) in [5.41, 5.74) is 2.17. The van der Waals surface area contributed by atoms with E-state index in [1.165, 1.54) is 19.3 Å². The summed E-state index contributed by atoms with van der Waals surface area (Å²) < 4.78 is 5.29. The number of methoxy groups -OCH3 is 1. The van der Waals surface area contributed by atoms with Crippen molar-refractivity contribution in [2.45, 2.75) is 32.7 Å². The first kappa shape index (κ1) is 14.2. The zero-order valence-corrected chi connectivity index (χ0v) is 12.8. The Morgan fingerprint density at radius 1 is 1.29 bits per heavy atom. The molecule has 2 aliphatic carbocycles. The van der Waals surface area contributed by atoms with Crippen LogP contribution in [0.5, 0.6) is 5.75 Å². The van der Waals surface area contributed by atoms with E-state index in [1.807, 2.05) is 25.1 Å². The highest BCUT2D eigenvalue weighted by atomic mass is 16.5. The minimum absolute atomic E-state index is 0.0674. The van der Waals surface area contributed by atoms with Crippen LogP contribution in [-0.2, 0) is 6.54 Å². The average Bonchev–Trinajstić information content (AvgIpc) is 2.92. The maximum Gasteiger partial charge on any atom is 0.315 e. The lowest BCUT2D eigenvalue weighted by Crippen LogP contribution is -2.36. The second-order valence-electron chi connectivity index (χ2n) is 6.23. The van der Waals surface area contributed by atoms with Crippen molar-refractivity contribution < 1.29 is 9.53 Å². The number of urea groups is 1. The van der Waals surface area contributed by atoms with Crippen LogP contribution in [0.2, 0.25) is 0 Å². The summed E-state index contributed by atoms with van der Waals surface area (Å²) >= 11 is 0. The van der Waals surface area contributed by atoms with Crippen LogP contribution >= 0.6 is 0 Å². The van der Waals surface area contributed by atoms with E-state index in [1.54, 1.807) is 7.11 Å². The van der Waals surface area contributed by atoms with Gasteiger partial charge in [-0.3, -0.25) is 0 Å². The van der Waals surface area contributed by atoms with Crippen LogP contribution in [0.15, 0.2) is 18.2 Å². The Hall–Kier alpha value is -1.71. The summed E-state index contributed by atoms with van der Waals surface area (Å²) in [4.78, 5) is 11.9. The summed E-state index contributed by atoms with van der Waals surface area (Å²) in [7, 11) is 1.67. The maximum absolute atomic E-state index is 11.9. The number of carbonyl (C=O) groups is 1. The van der Waals surface area contributed by atoms with Crippen LogP contribution < -0.4 is 15.4 Å². The minimum atomic E-state index is -0.0674. The summed E-state index contributed by atoms with van der Waals surface area (Å²) in [5.74, 6) is 3.39. The third kappa shape index (κ3) is 2.99. The van der Waals surface area contributed by atoms with Crippen LogP contribution in [0.1, 0.15) is 30.4 Å². The van der Waals surface area contributed by atoms with Crippen molar-refractivity contribution in [1.82, 2.24) is 10.6 Å². The third-order valence-corrected chi connectivity index (χ3v) is 5.14. The molecular formula is C17H24N2O2. The van der Waals surface area contributed by atoms with Crippen molar-refractivity contribution >= 4 is 6.03 Å².